The molecule has 3 amide bonds. The van der Waals surface area contributed by atoms with Gasteiger partial charge in [-0.25, -0.2) is 9.59 Å². The third kappa shape index (κ3) is 4.95. The summed E-state index contributed by atoms with van der Waals surface area (Å²) in [6, 6.07) is 5.94. The van der Waals surface area contributed by atoms with Crippen molar-refractivity contribution in [3.05, 3.63) is 40.2 Å². The van der Waals surface area contributed by atoms with Gasteiger partial charge < -0.3 is 13.9 Å². The van der Waals surface area contributed by atoms with Crippen molar-refractivity contribution in [1.82, 2.24) is 4.90 Å². The van der Waals surface area contributed by atoms with Crippen LogP contribution in [0.15, 0.2) is 33.5 Å². The van der Waals surface area contributed by atoms with Crippen molar-refractivity contribution in [1.29, 1.82) is 0 Å². The van der Waals surface area contributed by atoms with E-state index in [2.05, 4.69) is 5.32 Å². The van der Waals surface area contributed by atoms with E-state index in [0.29, 0.717) is 16.6 Å². The highest BCUT2D eigenvalue weighted by Crippen LogP contribution is 2.38. The number of fused-ring (bicyclic) bond motifs is 2. The molecule has 0 unspecified atom stereocenters. The number of amides is 3. The minimum atomic E-state index is -0.636. The number of hydrogen-bond acceptors (Lipinski definition) is 8. The molecule has 34 heavy (non-hydrogen) atoms. The summed E-state index contributed by atoms with van der Waals surface area (Å²) in [4.78, 5) is 62.2. The van der Waals surface area contributed by atoms with Crippen molar-refractivity contribution in [3.63, 3.8) is 0 Å². The lowest BCUT2D eigenvalue weighted by atomic mass is 9.81. The van der Waals surface area contributed by atoms with E-state index in [1.165, 1.54) is 17.0 Å². The van der Waals surface area contributed by atoms with Crippen LogP contribution in [0.5, 0.6) is 0 Å². The predicted octanol–water partition coefficient (Wildman–Crippen LogP) is 2.97. The molecule has 1 aliphatic heterocycles. The van der Waals surface area contributed by atoms with E-state index in [1.54, 1.807) is 19.1 Å². The second-order valence-electron chi connectivity index (χ2n) is 8.38. The molecular formula is C24H26N2O8. The zero-order valence-electron chi connectivity index (χ0n) is 18.8. The SMILES string of the molecule is CCOC(=O)Nc1ccc2c(COC(=O)CCN3C(=O)[C@H]4CCCC[C@@H]4C3=O)cc(=O)oc2c1. The summed E-state index contributed by atoms with van der Waals surface area (Å²) in [6.45, 7) is 1.70. The van der Waals surface area contributed by atoms with Gasteiger partial charge in [0.25, 0.3) is 0 Å². The Morgan fingerprint density at radius 3 is 2.44 bits per heavy atom. The van der Waals surface area contributed by atoms with Crippen molar-refractivity contribution in [2.45, 2.75) is 45.6 Å². The molecule has 4 rings (SSSR count). The number of ether oxygens (including phenoxy) is 2. The average molecular weight is 470 g/mol. The monoisotopic (exact) mass is 470 g/mol. The predicted molar refractivity (Wildman–Crippen MR) is 120 cm³/mol. The van der Waals surface area contributed by atoms with E-state index in [-0.39, 0.29) is 55.4 Å². The molecule has 1 aromatic heterocycles. The zero-order valence-corrected chi connectivity index (χ0v) is 18.8. The Hall–Kier alpha value is -3.69. The highest BCUT2D eigenvalue weighted by atomic mass is 16.5. The second kappa shape index (κ2) is 10.1. The molecule has 180 valence electrons. The summed E-state index contributed by atoms with van der Waals surface area (Å²) in [5.41, 5.74) is 0.386. The van der Waals surface area contributed by atoms with Gasteiger partial charge >= 0.3 is 17.7 Å². The van der Waals surface area contributed by atoms with Crippen LogP contribution in [0.4, 0.5) is 10.5 Å². The first kappa shape index (κ1) is 23.5. The Balaban J connectivity index is 1.37. The quantitative estimate of drug-likeness (QED) is 0.371. The second-order valence-corrected chi connectivity index (χ2v) is 8.38. The van der Waals surface area contributed by atoms with Crippen LogP contribution in [0.25, 0.3) is 11.0 Å². The van der Waals surface area contributed by atoms with Crippen LogP contribution < -0.4 is 10.9 Å². The summed E-state index contributed by atoms with van der Waals surface area (Å²) >= 11 is 0. The molecule has 2 heterocycles. The minimum Gasteiger partial charge on any atom is -0.461 e. The molecule has 2 fully saturated rings. The summed E-state index contributed by atoms with van der Waals surface area (Å²) in [5, 5.41) is 3.06. The van der Waals surface area contributed by atoms with Gasteiger partial charge in [-0.2, -0.15) is 0 Å². The molecule has 0 bridgehead atoms. The fourth-order valence-corrected chi connectivity index (χ4v) is 4.60. The number of anilines is 1. The molecule has 1 saturated carbocycles. The first-order valence-corrected chi connectivity index (χ1v) is 11.4. The average Bonchev–Trinajstić information content (AvgIpc) is 3.05. The Labute approximate surface area is 195 Å². The van der Waals surface area contributed by atoms with Gasteiger partial charge in [-0.1, -0.05) is 12.8 Å². The normalized spacial score (nSPS) is 19.7. The molecule has 2 aromatic rings. The van der Waals surface area contributed by atoms with E-state index < -0.39 is 17.7 Å². The number of carbonyl (C=O) groups excluding carboxylic acids is 4. The van der Waals surface area contributed by atoms with Crippen LogP contribution in [0.1, 0.15) is 44.6 Å². The highest BCUT2D eigenvalue weighted by molar-refractivity contribution is 6.05. The van der Waals surface area contributed by atoms with Crippen LogP contribution >= 0.6 is 0 Å². The molecular weight excluding hydrogens is 444 g/mol. The van der Waals surface area contributed by atoms with Crippen molar-refractivity contribution < 1.29 is 33.1 Å². The lowest BCUT2D eigenvalue weighted by Crippen LogP contribution is -2.33. The largest absolute Gasteiger partial charge is 0.461 e. The molecule has 2 atom stereocenters. The summed E-state index contributed by atoms with van der Waals surface area (Å²) in [5.74, 6) is -1.48. The number of likely N-dealkylation sites (tertiary alicyclic amines) is 1. The van der Waals surface area contributed by atoms with Gasteiger partial charge in [-0.15, -0.1) is 0 Å². The fourth-order valence-electron chi connectivity index (χ4n) is 4.60. The van der Waals surface area contributed by atoms with Crippen molar-refractivity contribution >= 4 is 40.5 Å². The maximum absolute atomic E-state index is 12.5. The molecule has 0 radical (unpaired) electrons. The van der Waals surface area contributed by atoms with Gasteiger partial charge in [-0.05, 0) is 31.9 Å². The van der Waals surface area contributed by atoms with E-state index in [9.17, 15) is 24.0 Å². The van der Waals surface area contributed by atoms with Crippen molar-refractivity contribution in [3.8, 4) is 0 Å². The molecule has 1 aliphatic carbocycles. The van der Waals surface area contributed by atoms with Gasteiger partial charge in [0.15, 0.2) is 0 Å². The third-order valence-electron chi connectivity index (χ3n) is 6.21. The summed E-state index contributed by atoms with van der Waals surface area (Å²) in [6.07, 6.45) is 2.56. The third-order valence-corrected chi connectivity index (χ3v) is 6.21. The van der Waals surface area contributed by atoms with E-state index in [1.807, 2.05) is 0 Å². The number of benzene rings is 1. The number of imide groups is 1. The van der Waals surface area contributed by atoms with Crippen LogP contribution in [-0.4, -0.2) is 41.9 Å². The van der Waals surface area contributed by atoms with Crippen molar-refractivity contribution in [2.75, 3.05) is 18.5 Å². The number of nitrogens with one attached hydrogen (secondary N) is 1. The minimum absolute atomic E-state index is 0.00986. The smallest absolute Gasteiger partial charge is 0.411 e. The van der Waals surface area contributed by atoms with Crippen molar-refractivity contribution in [2.24, 2.45) is 11.8 Å². The first-order valence-electron chi connectivity index (χ1n) is 11.4. The Morgan fingerprint density at radius 2 is 1.76 bits per heavy atom. The van der Waals surface area contributed by atoms with Gasteiger partial charge in [0.05, 0.1) is 24.9 Å². The molecule has 10 heteroatoms. The van der Waals surface area contributed by atoms with E-state index in [0.717, 1.165) is 25.7 Å². The topological polar surface area (TPSA) is 132 Å². The van der Waals surface area contributed by atoms with Gasteiger partial charge in [0.2, 0.25) is 11.8 Å². The first-order chi connectivity index (χ1) is 16.4. The standard InChI is InChI=1S/C24H26N2O8/c1-2-32-24(31)25-15-7-8-16-14(11-21(28)34-19(16)12-15)13-33-20(27)9-10-26-22(29)17-5-3-4-6-18(17)23(26)30/h7-8,11-12,17-18H,2-6,9-10,13H2,1H3,(H,25,31)/t17-,18-/m0/s1. The summed E-state index contributed by atoms with van der Waals surface area (Å²) in [7, 11) is 0. The molecule has 10 nitrogen and oxygen atoms in total. The van der Waals surface area contributed by atoms with Gasteiger partial charge in [-0.3, -0.25) is 24.6 Å². The van der Waals surface area contributed by atoms with E-state index >= 15 is 0 Å². The number of esters is 1. The van der Waals surface area contributed by atoms with Crippen LogP contribution in [0, 0.1) is 11.8 Å². The number of rotatable bonds is 7. The molecule has 1 saturated heterocycles. The Bertz CT molecular complexity index is 1160. The van der Waals surface area contributed by atoms with Crippen LogP contribution in [0.3, 0.4) is 0 Å². The number of carbonyl (C=O) groups is 4. The lowest BCUT2D eigenvalue weighted by Gasteiger charge is -2.19. The Kier molecular flexibility index (Phi) is 6.95. The number of hydrogen-bond donors (Lipinski definition) is 1. The Morgan fingerprint density at radius 1 is 1.06 bits per heavy atom. The highest BCUT2D eigenvalue weighted by Gasteiger charge is 2.47. The van der Waals surface area contributed by atoms with E-state index in [4.69, 9.17) is 13.9 Å². The molecule has 2 aliphatic rings. The molecule has 1 aromatic carbocycles. The van der Waals surface area contributed by atoms with Crippen LogP contribution in [-0.2, 0) is 30.5 Å². The zero-order chi connectivity index (χ0) is 24.2. The fraction of sp³-hybridized carbons (Fsp3) is 0.458. The van der Waals surface area contributed by atoms with Gasteiger partial charge in [0.1, 0.15) is 12.2 Å². The van der Waals surface area contributed by atoms with Crippen LogP contribution in [0.2, 0.25) is 0 Å². The maximum Gasteiger partial charge on any atom is 0.411 e. The number of nitrogens with zero attached hydrogens (tertiary/aromatic N) is 1. The van der Waals surface area contributed by atoms with Gasteiger partial charge in [0, 0.05) is 35.3 Å². The molecule has 1 N–H and O–H groups in total. The summed E-state index contributed by atoms with van der Waals surface area (Å²) < 4.78 is 15.3. The lowest BCUT2D eigenvalue weighted by molar-refractivity contribution is -0.146. The molecule has 0 spiro atoms. The maximum atomic E-state index is 12.5.